The van der Waals surface area contributed by atoms with E-state index >= 15 is 0 Å². The van der Waals surface area contributed by atoms with Crippen molar-refractivity contribution in [2.24, 2.45) is 0 Å². The molecule has 0 bridgehead atoms. The predicted molar refractivity (Wildman–Crippen MR) is 22.8 cm³/mol. The largest absolute Gasteiger partial charge is 2.00 e. The van der Waals surface area contributed by atoms with Gasteiger partial charge in [0.15, 0.2) is 0 Å². The molecule has 0 saturated heterocycles. The summed E-state index contributed by atoms with van der Waals surface area (Å²) in [6, 6.07) is 0. The Morgan fingerprint density at radius 3 is 0.474 bits per heavy atom. The van der Waals surface area contributed by atoms with Crippen LogP contribution in [0.3, 0.4) is 0 Å². The summed E-state index contributed by atoms with van der Waals surface area (Å²) >= 11 is 0. The van der Waals surface area contributed by atoms with Crippen molar-refractivity contribution in [1.29, 1.82) is 0 Å². The van der Waals surface area contributed by atoms with E-state index in [0.717, 1.165) is 0 Å². The van der Waals surface area contributed by atoms with E-state index in [-0.39, 0.29) is 94.7 Å². The zero-order valence-electron chi connectivity index (χ0n) is 9.07. The van der Waals surface area contributed by atoms with Crippen LogP contribution in [-0.2, 0) is 49.3 Å². The summed E-state index contributed by atoms with van der Waals surface area (Å²) in [5.74, 6) is 0. The molecule has 0 atom stereocenters. The fourth-order valence-corrected chi connectivity index (χ4v) is 0. The predicted octanol–water partition coefficient (Wildman–Crippen LogP) is -14.5. The fourth-order valence-electron chi connectivity index (χ4n) is 0. The van der Waals surface area contributed by atoms with E-state index in [4.69, 9.17) is 57.7 Å². The summed E-state index contributed by atoms with van der Waals surface area (Å²) in [5.41, 5.74) is 0. The smallest absolute Gasteiger partial charge is 0.822 e. The van der Waals surface area contributed by atoms with Gasteiger partial charge in [-0.15, -0.1) is 0 Å². The fraction of sp³-hybridized carbons (Fsp3) is 0. The summed E-state index contributed by atoms with van der Waals surface area (Å²) in [7, 11) is -16.2. The Morgan fingerprint density at radius 1 is 0.474 bits per heavy atom. The van der Waals surface area contributed by atoms with Crippen LogP contribution in [0, 0.1) is 0 Å². The molecule has 2 radical (unpaired) electrons. The van der Waals surface area contributed by atoms with Crippen molar-refractivity contribution >= 4 is 23.5 Å². The molecule has 0 fully saturated rings. The number of hydrogen-bond donors (Lipinski definition) is 0. The van der Waals surface area contributed by atoms with Crippen LogP contribution >= 0.6 is 23.5 Å². The van der Waals surface area contributed by atoms with Crippen molar-refractivity contribution in [1.82, 2.24) is 0 Å². The maximum Gasteiger partial charge on any atom is 2.00 e. The molecule has 0 aliphatic rings. The van der Waals surface area contributed by atoms with Crippen molar-refractivity contribution in [3.05, 3.63) is 0 Å². The molecular weight excluding hydrogens is 437 g/mol. The van der Waals surface area contributed by atoms with Gasteiger partial charge < -0.3 is 57.7 Å². The van der Waals surface area contributed by atoms with E-state index < -0.39 is 23.5 Å². The van der Waals surface area contributed by atoms with Crippen molar-refractivity contribution in [3.63, 3.8) is 0 Å². The summed E-state index contributed by atoms with van der Waals surface area (Å²) in [4.78, 5) is 76.9. The molecule has 0 spiro atoms. The standard InChI is InChI=1S/Mn.2Na.3H3O4P.V/c;;;3*1-5(2,3)4;/h;;;3*(H3,1,2,3,4);/q+2;2*+1;;;;/p-9. The van der Waals surface area contributed by atoms with Gasteiger partial charge in [0, 0.05) is 18.6 Å². The Morgan fingerprint density at radius 2 is 0.474 bits per heavy atom. The van der Waals surface area contributed by atoms with Crippen LogP contribution in [0.2, 0.25) is 0 Å². The van der Waals surface area contributed by atoms with Crippen molar-refractivity contribution in [2.45, 2.75) is 0 Å². The van der Waals surface area contributed by atoms with Gasteiger partial charge in [0.1, 0.15) is 0 Å². The second kappa shape index (κ2) is 19.5. The number of hydrogen-bond acceptors (Lipinski definition) is 12. The van der Waals surface area contributed by atoms with E-state index in [9.17, 15) is 0 Å². The minimum absolute atomic E-state index is 0. The molecule has 0 aliphatic heterocycles. The van der Waals surface area contributed by atoms with E-state index in [0.29, 0.717) is 0 Å². The first kappa shape index (κ1) is 43.3. The van der Waals surface area contributed by atoms with Crippen LogP contribution in [0.1, 0.15) is 0 Å². The molecule has 19 heavy (non-hydrogen) atoms. The molecule has 0 aromatic heterocycles. The van der Waals surface area contributed by atoms with Crippen LogP contribution in [0.15, 0.2) is 0 Å². The molecular formula is MnNa2O12P3V-5. The minimum atomic E-state index is -5.39. The molecule has 0 heterocycles. The zero-order chi connectivity index (χ0) is 13.5. The van der Waals surface area contributed by atoms with E-state index in [1.165, 1.54) is 0 Å². The number of phosphoric acid groups is 3. The van der Waals surface area contributed by atoms with E-state index in [2.05, 4.69) is 0 Å². The molecule has 12 nitrogen and oxygen atoms in total. The van der Waals surface area contributed by atoms with Crippen LogP contribution in [0.25, 0.3) is 0 Å². The van der Waals surface area contributed by atoms with Gasteiger partial charge in [0.2, 0.25) is 0 Å². The van der Waals surface area contributed by atoms with Crippen LogP contribution in [-0.4, -0.2) is 0 Å². The SMILES string of the molecule is O=P([O-])([O-])[O-].O=P([O-])([O-])[O-].O=P([O-])([O-])[O-].[Mn+2].[Na+].[Na+].[V]. The molecule has 0 aliphatic carbocycles. The normalized spacial score (nSPS) is 9.32. The van der Waals surface area contributed by atoms with E-state index in [1.54, 1.807) is 0 Å². The molecule has 0 N–H and O–H groups in total. The molecule has 0 aromatic rings. The summed E-state index contributed by atoms with van der Waals surface area (Å²) < 4.78 is 25.6. The summed E-state index contributed by atoms with van der Waals surface area (Å²) in [5, 5.41) is 0. The Hall–Kier alpha value is 3.43. The average molecular weight is 437 g/mol. The first-order valence-corrected chi connectivity index (χ1v) is 6.57. The first-order chi connectivity index (χ1) is 6.00. The van der Waals surface area contributed by atoms with Crippen LogP contribution < -0.4 is 103 Å². The molecule has 0 rings (SSSR count). The van der Waals surface area contributed by atoms with Gasteiger partial charge in [0.25, 0.3) is 0 Å². The quantitative estimate of drug-likeness (QED) is 0.253. The van der Waals surface area contributed by atoms with Crippen molar-refractivity contribution in [3.8, 4) is 0 Å². The first-order valence-electron chi connectivity index (χ1n) is 2.19. The molecule has 106 valence electrons. The Kier molecular flexibility index (Phi) is 44.4. The Balaban J connectivity index is -0.0000000206. The maximum absolute atomic E-state index is 8.55. The van der Waals surface area contributed by atoms with Gasteiger partial charge >= 0.3 is 76.2 Å². The van der Waals surface area contributed by atoms with Crippen molar-refractivity contribution in [2.75, 3.05) is 0 Å². The third-order valence-electron chi connectivity index (χ3n) is 0. The van der Waals surface area contributed by atoms with Gasteiger partial charge in [-0.25, -0.2) is 0 Å². The second-order valence-electron chi connectivity index (χ2n) is 1.34. The molecule has 0 aromatic carbocycles. The van der Waals surface area contributed by atoms with Gasteiger partial charge in [0.05, 0.1) is 0 Å². The topological polar surface area (TPSA) is 259 Å². The summed E-state index contributed by atoms with van der Waals surface area (Å²) in [6.07, 6.45) is 0. The van der Waals surface area contributed by atoms with E-state index in [1.807, 2.05) is 0 Å². The summed E-state index contributed by atoms with van der Waals surface area (Å²) in [6.45, 7) is 0. The van der Waals surface area contributed by atoms with Gasteiger partial charge in [-0.05, 0) is 0 Å². The van der Waals surface area contributed by atoms with Crippen molar-refractivity contribution < 1.29 is 152 Å². The third-order valence-corrected chi connectivity index (χ3v) is 0. The van der Waals surface area contributed by atoms with Crippen LogP contribution in [0.5, 0.6) is 0 Å². The zero-order valence-corrected chi connectivity index (χ0v) is 18.3. The molecule has 0 saturated carbocycles. The number of rotatable bonds is 0. The van der Waals surface area contributed by atoms with Gasteiger partial charge in [-0.3, -0.25) is 0 Å². The molecule has 0 amide bonds. The van der Waals surface area contributed by atoms with Gasteiger partial charge in [-0.2, -0.15) is 23.5 Å². The molecule has 0 unspecified atom stereocenters. The van der Waals surface area contributed by atoms with Crippen LogP contribution in [0.4, 0.5) is 0 Å². The third kappa shape index (κ3) is 687. The Bertz CT molecular complexity index is 217. The Labute approximate surface area is 174 Å². The molecule has 19 heteroatoms. The minimum Gasteiger partial charge on any atom is -0.822 e. The second-order valence-corrected chi connectivity index (χ2v) is 4.02. The monoisotopic (exact) mass is 437 g/mol. The van der Waals surface area contributed by atoms with Gasteiger partial charge in [-0.1, -0.05) is 0 Å². The average Bonchev–Trinajstić information content (AvgIpc) is 1.41. The maximum atomic E-state index is 8.55.